The third kappa shape index (κ3) is 4.89. The Balaban J connectivity index is 1.39. The lowest BCUT2D eigenvalue weighted by atomic mass is 10.0. The second-order valence-electron chi connectivity index (χ2n) is 8.76. The quantitative estimate of drug-likeness (QED) is 0.357. The third-order valence-corrected chi connectivity index (χ3v) is 6.53. The Morgan fingerprint density at radius 2 is 1.77 bits per heavy atom. The number of rotatable bonds is 9. The standard InChI is InChI=1S/C27H29N5O3/c1-18-21(16-34-14-19-9-5-3-6-10-19)23(35-15-20-11-7-4-8-12-20)13-22(18)32-17-29-24-25(32)30-27(28-2)31-26(24)33/h3-12,17,21-23H,1,13-16H2,2H3,(H2,28,30,31,33)/t21-,22-,23-/m0/s1. The number of anilines is 1. The van der Waals surface area contributed by atoms with Crippen LogP contribution >= 0.6 is 0 Å². The normalized spacial score (nSPS) is 19.9. The van der Waals surface area contributed by atoms with Gasteiger partial charge in [0, 0.05) is 13.0 Å². The number of benzene rings is 2. The van der Waals surface area contributed by atoms with E-state index in [1.54, 1.807) is 13.4 Å². The molecule has 1 saturated carbocycles. The van der Waals surface area contributed by atoms with Crippen molar-refractivity contribution in [1.29, 1.82) is 0 Å². The van der Waals surface area contributed by atoms with Crippen molar-refractivity contribution in [2.45, 2.75) is 31.8 Å². The molecular formula is C27H29N5O3. The molecule has 2 aromatic carbocycles. The molecule has 1 fully saturated rings. The Morgan fingerprint density at radius 1 is 1.09 bits per heavy atom. The molecule has 0 aliphatic heterocycles. The van der Waals surface area contributed by atoms with Crippen LogP contribution in [0.4, 0.5) is 5.95 Å². The average molecular weight is 472 g/mol. The molecule has 4 aromatic rings. The van der Waals surface area contributed by atoms with Crippen LogP contribution < -0.4 is 10.9 Å². The van der Waals surface area contributed by atoms with Crippen molar-refractivity contribution in [3.63, 3.8) is 0 Å². The first-order valence-electron chi connectivity index (χ1n) is 11.7. The Hall–Kier alpha value is -3.75. The van der Waals surface area contributed by atoms with E-state index in [0.717, 1.165) is 16.7 Å². The minimum absolute atomic E-state index is 0.00404. The highest BCUT2D eigenvalue weighted by molar-refractivity contribution is 5.71. The number of aromatic amines is 1. The molecule has 35 heavy (non-hydrogen) atoms. The van der Waals surface area contributed by atoms with Crippen molar-refractivity contribution in [1.82, 2.24) is 19.5 Å². The topological polar surface area (TPSA) is 94.1 Å². The van der Waals surface area contributed by atoms with Gasteiger partial charge in [-0.1, -0.05) is 67.2 Å². The lowest BCUT2D eigenvalue weighted by molar-refractivity contribution is -0.0122. The molecular weight excluding hydrogens is 442 g/mol. The Labute approximate surface area is 203 Å². The van der Waals surface area contributed by atoms with Crippen LogP contribution in [0.15, 0.2) is 83.9 Å². The summed E-state index contributed by atoms with van der Waals surface area (Å²) in [6.07, 6.45) is 2.27. The van der Waals surface area contributed by atoms with Gasteiger partial charge in [0.2, 0.25) is 5.95 Å². The van der Waals surface area contributed by atoms with E-state index in [-0.39, 0.29) is 23.6 Å². The van der Waals surface area contributed by atoms with Gasteiger partial charge in [-0.2, -0.15) is 4.98 Å². The molecule has 1 aliphatic rings. The average Bonchev–Trinajstić information content (AvgIpc) is 3.45. The summed E-state index contributed by atoms with van der Waals surface area (Å²) in [5, 5.41) is 2.90. The molecule has 3 atom stereocenters. The fraction of sp³-hybridized carbons (Fsp3) is 0.296. The second-order valence-corrected chi connectivity index (χ2v) is 8.76. The van der Waals surface area contributed by atoms with Crippen LogP contribution in [0.1, 0.15) is 23.6 Å². The van der Waals surface area contributed by atoms with E-state index in [9.17, 15) is 4.79 Å². The number of aromatic nitrogens is 4. The van der Waals surface area contributed by atoms with Gasteiger partial charge >= 0.3 is 0 Å². The van der Waals surface area contributed by atoms with Gasteiger partial charge in [-0.3, -0.25) is 9.78 Å². The molecule has 1 aliphatic carbocycles. The summed E-state index contributed by atoms with van der Waals surface area (Å²) >= 11 is 0. The van der Waals surface area contributed by atoms with Crippen LogP contribution in [0.5, 0.6) is 0 Å². The van der Waals surface area contributed by atoms with E-state index >= 15 is 0 Å². The summed E-state index contributed by atoms with van der Waals surface area (Å²) in [5.74, 6) is 0.392. The van der Waals surface area contributed by atoms with E-state index in [1.807, 2.05) is 41.0 Å². The number of H-pyrrole nitrogens is 1. The van der Waals surface area contributed by atoms with E-state index in [0.29, 0.717) is 43.4 Å². The Kier molecular flexibility index (Phi) is 6.74. The largest absolute Gasteiger partial charge is 0.376 e. The Bertz CT molecular complexity index is 1350. The summed E-state index contributed by atoms with van der Waals surface area (Å²) in [7, 11) is 1.72. The molecule has 8 heteroatoms. The summed E-state index contributed by atoms with van der Waals surface area (Å²) in [6, 6.07) is 20.1. The van der Waals surface area contributed by atoms with Crippen LogP contribution in [0, 0.1) is 5.92 Å². The van der Waals surface area contributed by atoms with Crippen LogP contribution in [-0.4, -0.2) is 39.3 Å². The monoisotopic (exact) mass is 471 g/mol. The molecule has 0 unspecified atom stereocenters. The van der Waals surface area contributed by atoms with E-state index in [1.165, 1.54) is 0 Å². The minimum atomic E-state index is -0.277. The molecule has 2 N–H and O–H groups in total. The highest BCUT2D eigenvalue weighted by atomic mass is 16.5. The van der Waals surface area contributed by atoms with Crippen molar-refractivity contribution in [2.75, 3.05) is 19.0 Å². The maximum atomic E-state index is 12.5. The first-order chi connectivity index (χ1) is 17.1. The zero-order chi connectivity index (χ0) is 24.2. The zero-order valence-corrected chi connectivity index (χ0v) is 19.7. The molecule has 180 valence electrons. The van der Waals surface area contributed by atoms with Gasteiger partial charge in [0.25, 0.3) is 5.56 Å². The molecule has 8 nitrogen and oxygen atoms in total. The number of nitrogens with one attached hydrogen (secondary N) is 2. The molecule has 0 radical (unpaired) electrons. The molecule has 5 rings (SSSR count). The van der Waals surface area contributed by atoms with Crippen molar-refractivity contribution in [3.8, 4) is 0 Å². The number of ether oxygens (including phenoxy) is 2. The van der Waals surface area contributed by atoms with E-state index in [2.05, 4.69) is 51.1 Å². The lowest BCUT2D eigenvalue weighted by Crippen LogP contribution is -2.23. The van der Waals surface area contributed by atoms with E-state index in [4.69, 9.17) is 9.47 Å². The predicted octanol–water partition coefficient (Wildman–Crippen LogP) is 4.08. The molecule has 2 aromatic heterocycles. The van der Waals surface area contributed by atoms with Crippen molar-refractivity contribution < 1.29 is 9.47 Å². The molecule has 0 amide bonds. The Morgan fingerprint density at radius 3 is 2.46 bits per heavy atom. The first-order valence-corrected chi connectivity index (χ1v) is 11.7. The number of fused-ring (bicyclic) bond motifs is 1. The highest BCUT2D eigenvalue weighted by Gasteiger charge is 2.40. The van der Waals surface area contributed by atoms with Crippen molar-refractivity contribution in [3.05, 3.63) is 101 Å². The second kappa shape index (κ2) is 10.2. The van der Waals surface area contributed by atoms with Gasteiger partial charge in [-0.25, -0.2) is 4.98 Å². The summed E-state index contributed by atoms with van der Waals surface area (Å²) in [6.45, 7) is 5.96. The van der Waals surface area contributed by atoms with Crippen LogP contribution in [-0.2, 0) is 22.7 Å². The summed E-state index contributed by atoms with van der Waals surface area (Å²) in [5.41, 5.74) is 3.78. The maximum Gasteiger partial charge on any atom is 0.280 e. The van der Waals surface area contributed by atoms with Gasteiger partial charge in [-0.05, 0) is 23.1 Å². The summed E-state index contributed by atoms with van der Waals surface area (Å²) in [4.78, 5) is 24.0. The molecule has 2 heterocycles. The molecule has 0 bridgehead atoms. The van der Waals surface area contributed by atoms with Crippen LogP contribution in [0.3, 0.4) is 0 Å². The van der Waals surface area contributed by atoms with Gasteiger partial charge in [0.05, 0.1) is 38.3 Å². The maximum absolute atomic E-state index is 12.5. The number of hydrogen-bond donors (Lipinski definition) is 2. The van der Waals surface area contributed by atoms with Gasteiger partial charge in [-0.15, -0.1) is 0 Å². The highest BCUT2D eigenvalue weighted by Crippen LogP contribution is 2.42. The van der Waals surface area contributed by atoms with Gasteiger partial charge in [0.1, 0.15) is 0 Å². The fourth-order valence-electron chi connectivity index (χ4n) is 4.64. The first kappa shape index (κ1) is 23.0. The number of hydrogen-bond acceptors (Lipinski definition) is 6. The van der Waals surface area contributed by atoms with Crippen LogP contribution in [0.2, 0.25) is 0 Å². The SMILES string of the molecule is C=C1[C@H](COCc2ccccc2)[C@@H](OCc2ccccc2)C[C@@H]1n1cnc2c(=O)[nH]c(NC)nc21. The summed E-state index contributed by atoms with van der Waals surface area (Å²) < 4.78 is 14.5. The predicted molar refractivity (Wildman–Crippen MR) is 135 cm³/mol. The molecule has 0 spiro atoms. The van der Waals surface area contributed by atoms with Gasteiger partial charge < -0.3 is 19.4 Å². The van der Waals surface area contributed by atoms with E-state index < -0.39 is 0 Å². The lowest BCUT2D eigenvalue weighted by Gasteiger charge is -2.21. The number of nitrogens with zero attached hydrogens (tertiary/aromatic N) is 3. The van der Waals surface area contributed by atoms with Gasteiger partial charge in [0.15, 0.2) is 11.2 Å². The third-order valence-electron chi connectivity index (χ3n) is 6.53. The smallest absolute Gasteiger partial charge is 0.280 e. The minimum Gasteiger partial charge on any atom is -0.376 e. The zero-order valence-electron chi connectivity index (χ0n) is 19.7. The van der Waals surface area contributed by atoms with Crippen LogP contribution in [0.25, 0.3) is 11.2 Å². The van der Waals surface area contributed by atoms with Crippen molar-refractivity contribution in [2.24, 2.45) is 5.92 Å². The fourth-order valence-corrected chi connectivity index (χ4v) is 4.64. The number of imidazole rings is 1. The van der Waals surface area contributed by atoms with Crippen molar-refractivity contribution >= 4 is 17.1 Å². The molecule has 0 saturated heterocycles.